The number of rotatable bonds is 6. The van der Waals surface area contributed by atoms with E-state index in [1.54, 1.807) is 24.0 Å². The maximum atomic E-state index is 12.5. The summed E-state index contributed by atoms with van der Waals surface area (Å²) in [7, 11) is 1.81. The number of hydrogen-bond donors (Lipinski definition) is 1. The third-order valence-electron chi connectivity index (χ3n) is 5.13. The van der Waals surface area contributed by atoms with Gasteiger partial charge in [0.15, 0.2) is 12.4 Å². The Kier molecular flexibility index (Phi) is 6.87. The SMILES string of the molecule is Cc1ccc(OCC(=O)N2CCCN(CC(=O)Nc3ccn(C)n3)CC2)cc1C. The van der Waals surface area contributed by atoms with Crippen molar-refractivity contribution in [3.63, 3.8) is 0 Å². The number of carbonyl (C=O) groups is 2. The lowest BCUT2D eigenvalue weighted by Gasteiger charge is -2.21. The molecule has 0 bridgehead atoms. The number of ether oxygens (including phenoxy) is 1. The summed E-state index contributed by atoms with van der Waals surface area (Å²) in [6.07, 6.45) is 2.61. The van der Waals surface area contributed by atoms with Crippen LogP contribution in [0.25, 0.3) is 0 Å². The van der Waals surface area contributed by atoms with Gasteiger partial charge in [-0.3, -0.25) is 19.2 Å². The predicted molar refractivity (Wildman–Crippen MR) is 111 cm³/mol. The van der Waals surface area contributed by atoms with Gasteiger partial charge in [0.1, 0.15) is 5.75 Å². The Morgan fingerprint density at radius 2 is 1.93 bits per heavy atom. The molecular weight excluding hydrogens is 370 g/mol. The van der Waals surface area contributed by atoms with E-state index in [4.69, 9.17) is 4.74 Å². The Labute approximate surface area is 171 Å². The number of nitrogens with zero attached hydrogens (tertiary/aromatic N) is 4. The van der Waals surface area contributed by atoms with Crippen LogP contribution in [0.5, 0.6) is 5.75 Å². The van der Waals surface area contributed by atoms with Crippen LogP contribution >= 0.6 is 0 Å². The molecule has 2 heterocycles. The highest BCUT2D eigenvalue weighted by molar-refractivity contribution is 5.91. The highest BCUT2D eigenvalue weighted by atomic mass is 16.5. The molecule has 3 rings (SSSR count). The molecule has 1 aromatic carbocycles. The zero-order valence-electron chi connectivity index (χ0n) is 17.4. The fourth-order valence-electron chi connectivity index (χ4n) is 3.29. The molecule has 2 aromatic rings. The quantitative estimate of drug-likeness (QED) is 0.798. The molecule has 0 aliphatic carbocycles. The van der Waals surface area contributed by atoms with Crippen molar-refractivity contribution in [1.82, 2.24) is 19.6 Å². The second-order valence-electron chi connectivity index (χ2n) is 7.47. The Hall–Kier alpha value is -2.87. The number of anilines is 1. The highest BCUT2D eigenvalue weighted by Gasteiger charge is 2.21. The molecule has 0 radical (unpaired) electrons. The molecular formula is C21H29N5O3. The summed E-state index contributed by atoms with van der Waals surface area (Å²) in [5.74, 6) is 1.14. The van der Waals surface area contributed by atoms with E-state index >= 15 is 0 Å². The molecule has 1 N–H and O–H groups in total. The van der Waals surface area contributed by atoms with E-state index in [2.05, 4.69) is 15.3 Å². The molecule has 1 aliphatic rings. The second-order valence-corrected chi connectivity index (χ2v) is 7.47. The summed E-state index contributed by atoms with van der Waals surface area (Å²) < 4.78 is 7.32. The van der Waals surface area contributed by atoms with Crippen molar-refractivity contribution in [2.75, 3.05) is 44.6 Å². The average Bonchev–Trinajstić information content (AvgIpc) is 2.94. The fraction of sp³-hybridized carbons (Fsp3) is 0.476. The van der Waals surface area contributed by atoms with Crippen LogP contribution in [0, 0.1) is 13.8 Å². The van der Waals surface area contributed by atoms with Gasteiger partial charge in [0.2, 0.25) is 5.91 Å². The van der Waals surface area contributed by atoms with Crippen molar-refractivity contribution in [3.05, 3.63) is 41.6 Å². The summed E-state index contributed by atoms with van der Waals surface area (Å²) >= 11 is 0. The van der Waals surface area contributed by atoms with Gasteiger partial charge < -0.3 is 15.0 Å². The first kappa shape index (κ1) is 20.9. The Bertz CT molecular complexity index is 864. The van der Waals surface area contributed by atoms with Crippen LogP contribution in [0.4, 0.5) is 5.82 Å². The Morgan fingerprint density at radius 1 is 1.10 bits per heavy atom. The molecule has 8 nitrogen and oxygen atoms in total. The molecule has 0 unspecified atom stereocenters. The largest absolute Gasteiger partial charge is 0.484 e. The third-order valence-corrected chi connectivity index (χ3v) is 5.13. The molecule has 156 valence electrons. The van der Waals surface area contributed by atoms with Gasteiger partial charge in [-0.25, -0.2) is 0 Å². The highest BCUT2D eigenvalue weighted by Crippen LogP contribution is 2.16. The van der Waals surface area contributed by atoms with Crippen molar-refractivity contribution in [3.8, 4) is 5.75 Å². The van der Waals surface area contributed by atoms with Gasteiger partial charge >= 0.3 is 0 Å². The third kappa shape index (κ3) is 6.05. The molecule has 1 fully saturated rings. The molecule has 2 amide bonds. The van der Waals surface area contributed by atoms with Gasteiger partial charge in [-0.05, 0) is 43.5 Å². The maximum Gasteiger partial charge on any atom is 0.260 e. The second kappa shape index (κ2) is 9.56. The first-order valence-electron chi connectivity index (χ1n) is 9.90. The standard InChI is InChI=1S/C21H29N5O3/c1-16-5-6-18(13-17(16)2)29-15-21(28)26-9-4-8-25(11-12-26)14-20(27)22-19-7-10-24(3)23-19/h5-7,10,13H,4,8-9,11-12,14-15H2,1-3H3,(H,22,23,27). The van der Waals surface area contributed by atoms with E-state index in [-0.39, 0.29) is 25.0 Å². The van der Waals surface area contributed by atoms with Crippen LogP contribution in [0.1, 0.15) is 17.5 Å². The monoisotopic (exact) mass is 399 g/mol. The van der Waals surface area contributed by atoms with Crippen LogP contribution in [-0.4, -0.2) is 70.7 Å². The van der Waals surface area contributed by atoms with Gasteiger partial charge in [0.25, 0.3) is 5.91 Å². The van der Waals surface area contributed by atoms with Gasteiger partial charge in [-0.2, -0.15) is 5.10 Å². The van der Waals surface area contributed by atoms with Crippen molar-refractivity contribution < 1.29 is 14.3 Å². The molecule has 0 saturated carbocycles. The van der Waals surface area contributed by atoms with E-state index < -0.39 is 0 Å². The lowest BCUT2D eigenvalue weighted by atomic mass is 10.1. The van der Waals surface area contributed by atoms with Crippen LogP contribution in [0.2, 0.25) is 0 Å². The predicted octanol–water partition coefficient (Wildman–Crippen LogP) is 1.59. The lowest BCUT2D eigenvalue weighted by Crippen LogP contribution is -2.39. The number of nitrogens with one attached hydrogen (secondary N) is 1. The molecule has 1 saturated heterocycles. The molecule has 0 spiro atoms. The molecule has 1 aliphatic heterocycles. The zero-order chi connectivity index (χ0) is 20.8. The van der Waals surface area contributed by atoms with Gasteiger partial charge in [-0.15, -0.1) is 0 Å². The first-order valence-corrected chi connectivity index (χ1v) is 9.90. The minimum atomic E-state index is -0.0958. The maximum absolute atomic E-state index is 12.5. The van der Waals surface area contributed by atoms with Crippen molar-refractivity contribution >= 4 is 17.6 Å². The molecule has 1 aromatic heterocycles. The van der Waals surface area contributed by atoms with Gasteiger partial charge in [-0.1, -0.05) is 6.07 Å². The smallest absolute Gasteiger partial charge is 0.260 e. The number of amides is 2. The van der Waals surface area contributed by atoms with E-state index in [9.17, 15) is 9.59 Å². The fourth-order valence-corrected chi connectivity index (χ4v) is 3.29. The van der Waals surface area contributed by atoms with E-state index in [0.29, 0.717) is 31.2 Å². The van der Waals surface area contributed by atoms with Crippen LogP contribution in [0.15, 0.2) is 30.5 Å². The summed E-state index contributed by atoms with van der Waals surface area (Å²) in [6.45, 7) is 7.09. The van der Waals surface area contributed by atoms with Crippen LogP contribution in [0.3, 0.4) is 0 Å². The minimum absolute atomic E-state index is 0.0250. The molecule has 0 atom stereocenters. The van der Waals surface area contributed by atoms with E-state index in [1.165, 1.54) is 5.56 Å². The minimum Gasteiger partial charge on any atom is -0.484 e. The normalized spacial score (nSPS) is 15.1. The van der Waals surface area contributed by atoms with E-state index in [1.807, 2.05) is 36.9 Å². The van der Waals surface area contributed by atoms with E-state index in [0.717, 1.165) is 18.5 Å². The van der Waals surface area contributed by atoms with Crippen molar-refractivity contribution in [1.29, 1.82) is 0 Å². The number of carbonyl (C=O) groups excluding carboxylic acids is 2. The molecule has 29 heavy (non-hydrogen) atoms. The average molecular weight is 399 g/mol. The van der Waals surface area contributed by atoms with Crippen molar-refractivity contribution in [2.24, 2.45) is 7.05 Å². The lowest BCUT2D eigenvalue weighted by molar-refractivity contribution is -0.133. The first-order chi connectivity index (χ1) is 13.9. The summed E-state index contributed by atoms with van der Waals surface area (Å²) in [6, 6.07) is 7.60. The number of aryl methyl sites for hydroxylation is 3. The summed E-state index contributed by atoms with van der Waals surface area (Å²) in [5.41, 5.74) is 2.34. The van der Waals surface area contributed by atoms with Crippen LogP contribution < -0.4 is 10.1 Å². The summed E-state index contributed by atoms with van der Waals surface area (Å²) in [5, 5.41) is 6.95. The zero-order valence-corrected chi connectivity index (χ0v) is 17.4. The number of benzene rings is 1. The Balaban J connectivity index is 1.44. The van der Waals surface area contributed by atoms with Gasteiger partial charge in [0, 0.05) is 45.5 Å². The van der Waals surface area contributed by atoms with Gasteiger partial charge in [0.05, 0.1) is 6.54 Å². The van der Waals surface area contributed by atoms with Crippen molar-refractivity contribution in [2.45, 2.75) is 20.3 Å². The number of hydrogen-bond acceptors (Lipinski definition) is 5. The number of aromatic nitrogens is 2. The molecule has 8 heteroatoms. The topological polar surface area (TPSA) is 79.7 Å². The Morgan fingerprint density at radius 3 is 2.66 bits per heavy atom. The van der Waals surface area contributed by atoms with Crippen LogP contribution in [-0.2, 0) is 16.6 Å². The summed E-state index contributed by atoms with van der Waals surface area (Å²) in [4.78, 5) is 28.6.